The lowest BCUT2D eigenvalue weighted by Crippen LogP contribution is -2.45. The molecular weight excluding hydrogens is 397 g/mol. The van der Waals surface area contributed by atoms with Crippen molar-refractivity contribution in [1.29, 1.82) is 0 Å². The van der Waals surface area contributed by atoms with Crippen LogP contribution in [-0.4, -0.2) is 37.6 Å². The molecule has 140 valence electrons. The summed E-state index contributed by atoms with van der Waals surface area (Å²) in [6.07, 6.45) is 4.24. The van der Waals surface area contributed by atoms with Gasteiger partial charge in [-0.05, 0) is 49.6 Å². The van der Waals surface area contributed by atoms with Crippen molar-refractivity contribution in [2.45, 2.75) is 29.7 Å². The molecule has 0 aliphatic carbocycles. The average Bonchev–Trinajstić information content (AvgIpc) is 2.65. The van der Waals surface area contributed by atoms with Gasteiger partial charge in [0.05, 0.1) is 10.0 Å². The van der Waals surface area contributed by atoms with E-state index < -0.39 is 10.0 Å². The van der Waals surface area contributed by atoms with Gasteiger partial charge < -0.3 is 10.4 Å². The van der Waals surface area contributed by atoms with E-state index in [1.54, 1.807) is 12.1 Å². The van der Waals surface area contributed by atoms with Gasteiger partial charge in [-0.1, -0.05) is 23.2 Å². The molecule has 1 aliphatic rings. The number of benzene rings is 1. The van der Waals surface area contributed by atoms with Crippen molar-refractivity contribution >= 4 is 33.2 Å². The number of phenolic OH excluding ortho intramolecular Hbond substituents is 1. The zero-order valence-electron chi connectivity index (χ0n) is 13.8. The van der Waals surface area contributed by atoms with Gasteiger partial charge in [-0.2, -0.15) is 0 Å². The molecule has 0 radical (unpaired) electrons. The van der Waals surface area contributed by atoms with Gasteiger partial charge in [0.25, 0.3) is 0 Å². The Morgan fingerprint density at radius 1 is 1.31 bits per heavy atom. The van der Waals surface area contributed by atoms with E-state index in [1.807, 2.05) is 0 Å². The van der Waals surface area contributed by atoms with Gasteiger partial charge in [-0.25, -0.2) is 13.1 Å². The average molecular weight is 416 g/mol. The number of pyridine rings is 1. The number of sulfonamides is 1. The monoisotopic (exact) mass is 415 g/mol. The number of phenols is 1. The second kappa shape index (κ2) is 8.10. The van der Waals surface area contributed by atoms with Crippen molar-refractivity contribution in [3.05, 3.63) is 52.3 Å². The molecule has 1 aromatic heterocycles. The van der Waals surface area contributed by atoms with Crippen molar-refractivity contribution in [3.63, 3.8) is 0 Å². The van der Waals surface area contributed by atoms with E-state index in [2.05, 4.69) is 15.0 Å². The first-order chi connectivity index (χ1) is 12.4. The smallest absolute Gasteiger partial charge is 0.242 e. The molecule has 2 aromatic rings. The van der Waals surface area contributed by atoms with E-state index in [9.17, 15) is 13.5 Å². The molecule has 2 heterocycles. The van der Waals surface area contributed by atoms with Crippen LogP contribution in [0.1, 0.15) is 24.3 Å². The van der Waals surface area contributed by atoms with E-state index in [1.165, 1.54) is 24.5 Å². The fraction of sp³-hybridized carbons (Fsp3) is 0.353. The Labute approximate surface area is 162 Å². The Balaban J connectivity index is 1.69. The summed E-state index contributed by atoms with van der Waals surface area (Å²) in [6, 6.07) is 6.08. The van der Waals surface area contributed by atoms with Crippen molar-refractivity contribution in [2.24, 2.45) is 0 Å². The predicted octanol–water partition coefficient (Wildman–Crippen LogP) is 2.91. The zero-order valence-corrected chi connectivity index (χ0v) is 16.2. The van der Waals surface area contributed by atoms with Crippen LogP contribution in [0.4, 0.5) is 0 Å². The molecule has 1 fully saturated rings. The molecule has 0 saturated carbocycles. The molecule has 3 N–H and O–H groups in total. The number of hydrogen-bond acceptors (Lipinski definition) is 5. The topological polar surface area (TPSA) is 91.3 Å². The van der Waals surface area contributed by atoms with Gasteiger partial charge in [0.1, 0.15) is 10.6 Å². The highest BCUT2D eigenvalue weighted by molar-refractivity contribution is 7.89. The summed E-state index contributed by atoms with van der Waals surface area (Å²) >= 11 is 12.4. The molecule has 0 amide bonds. The van der Waals surface area contributed by atoms with Gasteiger partial charge in [-0.3, -0.25) is 4.98 Å². The highest BCUT2D eigenvalue weighted by Crippen LogP contribution is 2.41. The van der Waals surface area contributed by atoms with Crippen molar-refractivity contribution in [3.8, 4) is 5.75 Å². The number of nitrogens with zero attached hydrogens (tertiary/aromatic N) is 1. The lowest BCUT2D eigenvalue weighted by Gasteiger charge is -2.31. The Morgan fingerprint density at radius 3 is 2.85 bits per heavy atom. The van der Waals surface area contributed by atoms with Gasteiger partial charge in [-0.15, -0.1) is 0 Å². The third kappa shape index (κ3) is 4.29. The quantitative estimate of drug-likeness (QED) is 0.697. The number of hydrogen-bond donors (Lipinski definition) is 3. The zero-order chi connectivity index (χ0) is 18.7. The third-order valence-electron chi connectivity index (χ3n) is 4.48. The Hall–Kier alpha value is -1.38. The van der Waals surface area contributed by atoms with Crippen LogP contribution in [0.15, 0.2) is 41.6 Å². The van der Waals surface area contributed by atoms with E-state index in [0.29, 0.717) is 28.6 Å². The summed E-state index contributed by atoms with van der Waals surface area (Å²) in [5, 5.41) is 14.2. The maximum Gasteiger partial charge on any atom is 0.242 e. The van der Waals surface area contributed by atoms with E-state index >= 15 is 0 Å². The van der Waals surface area contributed by atoms with Crippen molar-refractivity contribution < 1.29 is 13.5 Å². The molecular formula is C17H19Cl2N3O3S. The maximum atomic E-state index is 12.3. The van der Waals surface area contributed by atoms with Gasteiger partial charge >= 0.3 is 0 Å². The predicted molar refractivity (Wildman–Crippen MR) is 101 cm³/mol. The number of piperidine rings is 1. The summed E-state index contributed by atoms with van der Waals surface area (Å²) in [5.41, 5.74) is 0.626. The molecule has 2 atom stereocenters. The number of aromatic hydroxyl groups is 1. The molecule has 6 nitrogen and oxygen atoms in total. The first-order valence-electron chi connectivity index (χ1n) is 8.18. The summed E-state index contributed by atoms with van der Waals surface area (Å²) in [5.74, 6) is 0.108. The number of rotatable bonds is 5. The first kappa shape index (κ1) is 19.4. The summed E-state index contributed by atoms with van der Waals surface area (Å²) in [6.45, 7) is 0.916. The Bertz CT molecular complexity index is 878. The van der Waals surface area contributed by atoms with Crippen LogP contribution in [0.5, 0.6) is 5.75 Å². The van der Waals surface area contributed by atoms with Crippen molar-refractivity contribution in [1.82, 2.24) is 15.0 Å². The minimum absolute atomic E-state index is 0.00431. The van der Waals surface area contributed by atoms with Crippen LogP contribution >= 0.6 is 23.2 Å². The molecule has 9 heteroatoms. The fourth-order valence-corrected chi connectivity index (χ4v) is 4.69. The SMILES string of the molecule is O=S(=O)(NCC1CC(c2c(O)ccc(Cl)c2Cl)CCN1)c1cccnc1. The molecule has 1 aliphatic heterocycles. The van der Waals surface area contributed by atoms with Crippen LogP contribution < -0.4 is 10.0 Å². The molecule has 26 heavy (non-hydrogen) atoms. The van der Waals surface area contributed by atoms with E-state index in [0.717, 1.165) is 6.42 Å². The first-order valence-corrected chi connectivity index (χ1v) is 10.4. The number of halogens is 2. The normalized spacial score (nSPS) is 20.8. The van der Waals surface area contributed by atoms with Crippen LogP contribution in [-0.2, 0) is 10.0 Å². The number of aromatic nitrogens is 1. The van der Waals surface area contributed by atoms with Crippen molar-refractivity contribution in [2.75, 3.05) is 13.1 Å². The standard InChI is InChI=1S/C17H19Cl2N3O3S/c18-14-3-4-15(23)16(17(14)19)11-5-7-21-12(8-11)9-22-26(24,25)13-2-1-6-20-10-13/h1-4,6,10-12,21-23H,5,7-9H2. The second-order valence-corrected chi connectivity index (χ2v) is 8.76. The fourth-order valence-electron chi connectivity index (χ4n) is 3.17. The Morgan fingerprint density at radius 2 is 2.12 bits per heavy atom. The summed E-state index contributed by atoms with van der Waals surface area (Å²) in [4.78, 5) is 3.96. The molecule has 0 bridgehead atoms. The van der Waals surface area contributed by atoms with E-state index in [4.69, 9.17) is 23.2 Å². The lowest BCUT2D eigenvalue weighted by molar-refractivity contribution is 0.352. The minimum atomic E-state index is -3.61. The second-order valence-electron chi connectivity index (χ2n) is 6.21. The highest BCUT2D eigenvalue weighted by atomic mass is 35.5. The molecule has 0 spiro atoms. The third-order valence-corrected chi connectivity index (χ3v) is 6.70. The van der Waals surface area contributed by atoms with Crippen LogP contribution in [0.25, 0.3) is 0 Å². The van der Waals surface area contributed by atoms with Gasteiger partial charge in [0.15, 0.2) is 0 Å². The van der Waals surface area contributed by atoms with Crippen LogP contribution in [0.3, 0.4) is 0 Å². The Kier molecular flexibility index (Phi) is 6.04. The lowest BCUT2D eigenvalue weighted by atomic mass is 9.86. The number of nitrogens with one attached hydrogen (secondary N) is 2. The van der Waals surface area contributed by atoms with Crippen LogP contribution in [0, 0.1) is 0 Å². The summed E-state index contributed by atoms with van der Waals surface area (Å²) < 4.78 is 27.2. The van der Waals surface area contributed by atoms with Gasteiger partial charge in [0, 0.05) is 30.5 Å². The van der Waals surface area contributed by atoms with E-state index in [-0.39, 0.29) is 29.1 Å². The van der Waals surface area contributed by atoms with Gasteiger partial charge in [0.2, 0.25) is 10.0 Å². The molecule has 2 unspecified atom stereocenters. The minimum Gasteiger partial charge on any atom is -0.508 e. The highest BCUT2D eigenvalue weighted by Gasteiger charge is 2.28. The van der Waals surface area contributed by atoms with Crippen LogP contribution in [0.2, 0.25) is 10.0 Å². The molecule has 3 rings (SSSR count). The summed E-state index contributed by atoms with van der Waals surface area (Å²) in [7, 11) is -3.61. The molecule has 1 saturated heterocycles. The maximum absolute atomic E-state index is 12.3. The molecule has 1 aromatic carbocycles. The largest absolute Gasteiger partial charge is 0.508 e.